The third kappa shape index (κ3) is 2.46. The first-order valence-corrected chi connectivity index (χ1v) is 6.82. The van der Waals surface area contributed by atoms with Crippen LogP contribution in [0.3, 0.4) is 0 Å². The summed E-state index contributed by atoms with van der Waals surface area (Å²) in [5, 5.41) is 0. The van der Waals surface area contributed by atoms with Gasteiger partial charge in [0.2, 0.25) is 0 Å². The molecule has 2 aliphatic rings. The lowest BCUT2D eigenvalue weighted by Gasteiger charge is -2.27. The summed E-state index contributed by atoms with van der Waals surface area (Å²) in [6.45, 7) is 0. The number of carbonyl (C=O) groups is 1. The van der Waals surface area contributed by atoms with Crippen LogP contribution in [-0.2, 0) is 4.74 Å². The van der Waals surface area contributed by atoms with Gasteiger partial charge in [-0.2, -0.15) is 0 Å². The molecule has 2 atom stereocenters. The third-order valence-electron chi connectivity index (χ3n) is 4.18. The van der Waals surface area contributed by atoms with E-state index in [1.165, 1.54) is 6.07 Å². The van der Waals surface area contributed by atoms with Gasteiger partial charge in [-0.15, -0.1) is 0 Å². The van der Waals surface area contributed by atoms with Gasteiger partial charge in [0.15, 0.2) is 5.78 Å². The topological polar surface area (TPSA) is 26.3 Å². The Kier molecular flexibility index (Phi) is 3.54. The Morgan fingerprint density at radius 3 is 2.40 bits per heavy atom. The molecule has 0 radical (unpaired) electrons. The average Bonchev–Trinajstić information content (AvgIpc) is 2.76. The minimum atomic E-state index is -2.86. The van der Waals surface area contributed by atoms with Crippen LogP contribution in [0.15, 0.2) is 18.2 Å². The van der Waals surface area contributed by atoms with Gasteiger partial charge in [0.1, 0.15) is 5.82 Å². The maximum Gasteiger partial charge on any atom is 0.266 e. The number of alkyl halides is 2. The van der Waals surface area contributed by atoms with Crippen LogP contribution in [0.4, 0.5) is 13.2 Å². The largest absolute Gasteiger partial charge is 0.375 e. The fraction of sp³-hybridized carbons (Fsp3) is 0.533. The molecule has 3 rings (SSSR count). The highest BCUT2D eigenvalue weighted by molar-refractivity contribution is 5.98. The first-order valence-electron chi connectivity index (χ1n) is 6.82. The first kappa shape index (κ1) is 13.6. The second-order valence-corrected chi connectivity index (χ2v) is 5.53. The highest BCUT2D eigenvalue weighted by Crippen LogP contribution is 2.37. The summed E-state index contributed by atoms with van der Waals surface area (Å²) in [4.78, 5) is 12.3. The molecule has 108 valence electrons. The van der Waals surface area contributed by atoms with Crippen molar-refractivity contribution in [1.82, 2.24) is 0 Å². The highest BCUT2D eigenvalue weighted by atomic mass is 19.3. The van der Waals surface area contributed by atoms with Gasteiger partial charge < -0.3 is 4.74 Å². The van der Waals surface area contributed by atoms with E-state index in [-0.39, 0.29) is 29.5 Å². The summed E-state index contributed by atoms with van der Waals surface area (Å²) in [6.07, 6.45) is 0.598. The van der Waals surface area contributed by atoms with E-state index >= 15 is 0 Å². The van der Waals surface area contributed by atoms with Crippen molar-refractivity contribution in [2.75, 3.05) is 0 Å². The molecule has 0 spiro atoms. The molecule has 1 aromatic carbocycles. The van der Waals surface area contributed by atoms with Gasteiger partial charge in [0, 0.05) is 11.5 Å². The minimum Gasteiger partial charge on any atom is -0.375 e. The van der Waals surface area contributed by atoms with Gasteiger partial charge in [0.25, 0.3) is 6.43 Å². The quantitative estimate of drug-likeness (QED) is 0.787. The molecule has 0 saturated carbocycles. The van der Waals surface area contributed by atoms with Gasteiger partial charge in [-0.25, -0.2) is 13.2 Å². The summed E-state index contributed by atoms with van der Waals surface area (Å²) >= 11 is 0. The first-order chi connectivity index (χ1) is 9.54. The van der Waals surface area contributed by atoms with E-state index in [9.17, 15) is 18.0 Å². The summed E-state index contributed by atoms with van der Waals surface area (Å²) in [5.41, 5.74) is -0.480. The van der Waals surface area contributed by atoms with Crippen LogP contribution in [0.1, 0.15) is 48.0 Å². The van der Waals surface area contributed by atoms with Gasteiger partial charge in [0.05, 0.1) is 17.8 Å². The number of hydrogen-bond donors (Lipinski definition) is 0. The molecular weight excluding hydrogens is 269 g/mol. The van der Waals surface area contributed by atoms with Gasteiger partial charge in [-0.1, -0.05) is 6.07 Å². The molecule has 2 heterocycles. The zero-order chi connectivity index (χ0) is 14.3. The molecule has 1 aromatic rings. The number of ether oxygens (including phenoxy) is 1. The molecule has 2 aliphatic heterocycles. The van der Waals surface area contributed by atoms with Gasteiger partial charge in [-0.05, 0) is 37.8 Å². The lowest BCUT2D eigenvalue weighted by molar-refractivity contribution is -0.0149. The number of ketones is 1. The lowest BCUT2D eigenvalue weighted by atomic mass is 9.87. The second-order valence-electron chi connectivity index (χ2n) is 5.53. The molecule has 0 aromatic heterocycles. The maximum atomic E-state index is 13.5. The van der Waals surface area contributed by atoms with Gasteiger partial charge in [-0.3, -0.25) is 4.79 Å². The predicted molar refractivity (Wildman–Crippen MR) is 66.3 cm³/mol. The standard InChI is InChI=1S/C15H15F3O2/c16-13-7-8(1-4-12(13)15(17)18)14(19)9-5-10-2-3-11(6-9)20-10/h1,4,7,9-11,15H,2-3,5-6H2. The minimum absolute atomic E-state index is 0.118. The summed E-state index contributed by atoms with van der Waals surface area (Å²) in [7, 11) is 0. The van der Waals surface area contributed by atoms with Crippen LogP contribution in [-0.4, -0.2) is 18.0 Å². The Morgan fingerprint density at radius 1 is 1.20 bits per heavy atom. The summed E-state index contributed by atoms with van der Waals surface area (Å²) < 4.78 is 44.2. The molecule has 2 bridgehead atoms. The summed E-state index contributed by atoms with van der Waals surface area (Å²) in [6, 6.07) is 3.23. The average molecular weight is 284 g/mol. The Labute approximate surface area is 114 Å². The number of carbonyl (C=O) groups excluding carboxylic acids is 1. The third-order valence-corrected chi connectivity index (χ3v) is 4.18. The Bertz CT molecular complexity index is 518. The van der Waals surface area contributed by atoms with Crippen LogP contribution < -0.4 is 0 Å². The monoisotopic (exact) mass is 284 g/mol. The van der Waals surface area contributed by atoms with Crippen LogP contribution in [0.25, 0.3) is 0 Å². The van der Waals surface area contributed by atoms with Crippen molar-refractivity contribution in [3.63, 3.8) is 0 Å². The van der Waals surface area contributed by atoms with Crippen molar-refractivity contribution < 1.29 is 22.7 Å². The van der Waals surface area contributed by atoms with E-state index < -0.39 is 17.8 Å². The maximum absolute atomic E-state index is 13.5. The van der Waals surface area contributed by atoms with Crippen LogP contribution >= 0.6 is 0 Å². The SMILES string of the molecule is O=C(c1ccc(C(F)F)c(F)c1)C1CC2CCC(C1)O2. The fourth-order valence-corrected chi connectivity index (χ4v) is 3.16. The molecule has 0 amide bonds. The predicted octanol–water partition coefficient (Wildman–Crippen LogP) is 3.90. The molecule has 2 unspecified atom stereocenters. The smallest absolute Gasteiger partial charge is 0.266 e. The Hall–Kier alpha value is -1.36. The van der Waals surface area contributed by atoms with Crippen molar-refractivity contribution in [2.24, 2.45) is 5.92 Å². The molecule has 2 nitrogen and oxygen atoms in total. The second kappa shape index (κ2) is 5.20. The van der Waals surface area contributed by atoms with Crippen LogP contribution in [0.5, 0.6) is 0 Å². The van der Waals surface area contributed by atoms with Crippen molar-refractivity contribution in [3.8, 4) is 0 Å². The van der Waals surface area contributed by atoms with E-state index in [2.05, 4.69) is 0 Å². The van der Waals surface area contributed by atoms with Crippen LogP contribution in [0.2, 0.25) is 0 Å². The number of halogens is 3. The zero-order valence-electron chi connectivity index (χ0n) is 10.8. The van der Waals surface area contributed by atoms with Crippen molar-refractivity contribution >= 4 is 5.78 Å². The Balaban J connectivity index is 1.79. The number of rotatable bonds is 3. The lowest BCUT2D eigenvalue weighted by Crippen LogP contribution is -2.30. The molecule has 5 heteroatoms. The number of fused-ring (bicyclic) bond motifs is 2. The van der Waals surface area contributed by atoms with E-state index in [4.69, 9.17) is 4.74 Å². The molecule has 2 fully saturated rings. The highest BCUT2D eigenvalue weighted by Gasteiger charge is 2.38. The number of benzene rings is 1. The molecule has 0 aliphatic carbocycles. The zero-order valence-corrected chi connectivity index (χ0v) is 10.8. The van der Waals surface area contributed by atoms with Gasteiger partial charge >= 0.3 is 0 Å². The van der Waals surface area contributed by atoms with Crippen LogP contribution in [0, 0.1) is 11.7 Å². The van der Waals surface area contributed by atoms with Crippen molar-refractivity contribution in [3.05, 3.63) is 35.1 Å². The summed E-state index contributed by atoms with van der Waals surface area (Å²) in [5.74, 6) is -1.36. The number of Topliss-reactive ketones (excluding diaryl/α,β-unsaturated/α-hetero) is 1. The van der Waals surface area contributed by atoms with E-state index in [0.717, 1.165) is 25.0 Å². The van der Waals surface area contributed by atoms with E-state index in [1.807, 2.05) is 0 Å². The van der Waals surface area contributed by atoms with Crippen molar-refractivity contribution in [1.29, 1.82) is 0 Å². The van der Waals surface area contributed by atoms with E-state index in [0.29, 0.717) is 12.8 Å². The molecule has 2 saturated heterocycles. The molecular formula is C15H15F3O2. The Morgan fingerprint density at radius 2 is 1.85 bits per heavy atom. The van der Waals surface area contributed by atoms with Crippen molar-refractivity contribution in [2.45, 2.75) is 44.3 Å². The number of hydrogen-bond acceptors (Lipinski definition) is 2. The molecule has 0 N–H and O–H groups in total. The molecule has 20 heavy (non-hydrogen) atoms. The fourth-order valence-electron chi connectivity index (χ4n) is 3.16. The van der Waals surface area contributed by atoms with E-state index in [1.54, 1.807) is 0 Å². The normalized spacial score (nSPS) is 28.9.